The average molecular weight is 429 g/mol. The Hall–Kier alpha value is -3.40. The maximum Gasteiger partial charge on any atom is 0.416 e. The molecule has 0 radical (unpaired) electrons. The second-order valence-electron chi connectivity index (χ2n) is 7.67. The van der Waals surface area contributed by atoms with Gasteiger partial charge in [-0.2, -0.15) is 23.1 Å². The molecule has 10 heteroatoms. The van der Waals surface area contributed by atoms with Crippen molar-refractivity contribution in [3.8, 4) is 5.69 Å². The van der Waals surface area contributed by atoms with E-state index >= 15 is 0 Å². The minimum atomic E-state index is -4.42. The summed E-state index contributed by atoms with van der Waals surface area (Å²) in [7, 11) is 1.66. The third kappa shape index (κ3) is 3.23. The van der Waals surface area contributed by atoms with E-state index < -0.39 is 17.8 Å². The Bertz CT molecular complexity index is 1310. The van der Waals surface area contributed by atoms with Gasteiger partial charge in [-0.05, 0) is 48.9 Å². The predicted molar refractivity (Wildman–Crippen MR) is 107 cm³/mol. The first kappa shape index (κ1) is 19.6. The van der Waals surface area contributed by atoms with Gasteiger partial charge in [0.2, 0.25) is 0 Å². The van der Waals surface area contributed by atoms with E-state index in [1.165, 1.54) is 16.9 Å². The summed E-state index contributed by atoms with van der Waals surface area (Å²) in [5, 5.41) is 19.2. The van der Waals surface area contributed by atoms with Crippen molar-refractivity contribution in [1.82, 2.24) is 24.5 Å². The first-order valence-corrected chi connectivity index (χ1v) is 9.73. The molecule has 4 aromatic rings. The molecular weight excluding hydrogens is 411 g/mol. The van der Waals surface area contributed by atoms with E-state index in [9.17, 15) is 23.1 Å². The number of alkyl halides is 3. The van der Waals surface area contributed by atoms with Gasteiger partial charge in [-0.25, -0.2) is 0 Å². The molecule has 1 atom stereocenters. The lowest BCUT2D eigenvalue weighted by molar-refractivity contribution is -0.137. The van der Waals surface area contributed by atoms with Gasteiger partial charge in [0, 0.05) is 36.8 Å². The normalized spacial score (nSPS) is 17.2. The molecule has 3 heterocycles. The fourth-order valence-electron chi connectivity index (χ4n) is 4.06. The minimum Gasteiger partial charge on any atom is -0.391 e. The molecule has 1 amide bonds. The van der Waals surface area contributed by atoms with E-state index in [1.807, 2.05) is 0 Å². The number of likely N-dealkylation sites (tertiary alicyclic amines) is 1. The predicted octanol–water partition coefficient (Wildman–Crippen LogP) is 3.14. The van der Waals surface area contributed by atoms with Gasteiger partial charge in [0.15, 0.2) is 5.65 Å². The highest BCUT2D eigenvalue weighted by molar-refractivity contribution is 6.08. The van der Waals surface area contributed by atoms with Gasteiger partial charge in [0.25, 0.3) is 5.91 Å². The highest BCUT2D eigenvalue weighted by Gasteiger charge is 2.30. The average Bonchev–Trinajstić information content (AvgIpc) is 3.40. The summed E-state index contributed by atoms with van der Waals surface area (Å²) in [4.78, 5) is 15.8. The molecule has 0 spiro atoms. The number of benzene rings is 2. The monoisotopic (exact) mass is 429 g/mol. The van der Waals surface area contributed by atoms with E-state index in [0.717, 1.165) is 12.1 Å². The number of nitrogens with zero attached hydrogens (tertiary/aromatic N) is 5. The van der Waals surface area contributed by atoms with Crippen LogP contribution in [0.15, 0.2) is 42.5 Å². The third-order valence-corrected chi connectivity index (χ3v) is 5.55. The first-order valence-electron chi connectivity index (χ1n) is 9.73. The summed E-state index contributed by atoms with van der Waals surface area (Å²) in [6.07, 6.45) is -4.38. The third-order valence-electron chi connectivity index (χ3n) is 5.55. The lowest BCUT2D eigenvalue weighted by Gasteiger charge is -2.15. The Morgan fingerprint density at radius 2 is 1.87 bits per heavy atom. The van der Waals surface area contributed by atoms with E-state index in [2.05, 4.69) is 10.2 Å². The number of amides is 1. The zero-order valence-corrected chi connectivity index (χ0v) is 16.5. The lowest BCUT2D eigenvalue weighted by Crippen LogP contribution is -2.29. The summed E-state index contributed by atoms with van der Waals surface area (Å²) in [5.74, 6) is -0.183. The van der Waals surface area contributed by atoms with Gasteiger partial charge < -0.3 is 10.0 Å². The number of aliphatic hydroxyl groups is 1. The van der Waals surface area contributed by atoms with Crippen LogP contribution in [0.2, 0.25) is 0 Å². The number of fused-ring (bicyclic) bond motifs is 3. The second kappa shape index (κ2) is 6.81. The number of hydrogen-bond donors (Lipinski definition) is 1. The van der Waals surface area contributed by atoms with Crippen molar-refractivity contribution >= 4 is 28.0 Å². The largest absolute Gasteiger partial charge is 0.416 e. The van der Waals surface area contributed by atoms with Crippen LogP contribution >= 0.6 is 0 Å². The highest BCUT2D eigenvalue weighted by atomic mass is 19.4. The molecule has 0 bridgehead atoms. The van der Waals surface area contributed by atoms with E-state index in [0.29, 0.717) is 52.8 Å². The smallest absolute Gasteiger partial charge is 0.391 e. The fourth-order valence-corrected chi connectivity index (χ4v) is 4.06. The van der Waals surface area contributed by atoms with Gasteiger partial charge in [0.05, 0.1) is 17.2 Å². The Morgan fingerprint density at radius 1 is 1.13 bits per heavy atom. The molecule has 1 fully saturated rings. The van der Waals surface area contributed by atoms with Crippen LogP contribution in [-0.4, -0.2) is 54.7 Å². The van der Waals surface area contributed by atoms with Crippen molar-refractivity contribution in [3.63, 3.8) is 0 Å². The van der Waals surface area contributed by atoms with E-state index in [4.69, 9.17) is 0 Å². The molecule has 7 nitrogen and oxygen atoms in total. The quantitative estimate of drug-likeness (QED) is 0.531. The van der Waals surface area contributed by atoms with Gasteiger partial charge in [0.1, 0.15) is 5.52 Å². The molecule has 0 aliphatic carbocycles. The van der Waals surface area contributed by atoms with Crippen LogP contribution in [0, 0.1) is 0 Å². The number of hydrogen-bond acceptors (Lipinski definition) is 4. The molecular formula is C21H18F3N5O2. The van der Waals surface area contributed by atoms with Crippen LogP contribution in [0.5, 0.6) is 0 Å². The standard InChI is InChI=1S/C21H18F3N5O2/c1-27-25-18-16-10-12(20(31)28-9-8-15(30)11-28)2-7-17(16)29(19(18)26-27)14-5-3-13(4-6-14)21(22,23)24/h2-7,10,15,30H,8-9,11H2,1H3/t15-/m1/s1. The number of aliphatic hydroxyl groups excluding tert-OH is 1. The number of rotatable bonds is 2. The van der Waals surface area contributed by atoms with Crippen LogP contribution in [-0.2, 0) is 13.2 Å². The molecule has 0 saturated carbocycles. The summed E-state index contributed by atoms with van der Waals surface area (Å²) < 4.78 is 40.6. The summed E-state index contributed by atoms with van der Waals surface area (Å²) in [5.41, 5.74) is 1.95. The van der Waals surface area contributed by atoms with Crippen molar-refractivity contribution in [2.45, 2.75) is 18.7 Å². The summed E-state index contributed by atoms with van der Waals surface area (Å²) in [6, 6.07) is 9.98. The molecule has 2 aromatic carbocycles. The van der Waals surface area contributed by atoms with E-state index in [-0.39, 0.29) is 5.91 Å². The Kier molecular flexibility index (Phi) is 4.30. The van der Waals surface area contributed by atoms with Crippen molar-refractivity contribution in [2.75, 3.05) is 13.1 Å². The molecule has 1 aliphatic rings. The van der Waals surface area contributed by atoms with Crippen LogP contribution in [0.4, 0.5) is 13.2 Å². The molecule has 5 rings (SSSR count). The first-order chi connectivity index (χ1) is 14.7. The number of carbonyl (C=O) groups excluding carboxylic acids is 1. The van der Waals surface area contributed by atoms with Gasteiger partial charge in [-0.1, -0.05) is 0 Å². The van der Waals surface area contributed by atoms with Gasteiger partial charge in [-0.15, -0.1) is 5.10 Å². The molecule has 160 valence electrons. The summed E-state index contributed by atoms with van der Waals surface area (Å²) in [6.45, 7) is 0.787. The van der Waals surface area contributed by atoms with E-state index in [1.54, 1.807) is 34.7 Å². The minimum absolute atomic E-state index is 0.183. The Morgan fingerprint density at radius 3 is 2.52 bits per heavy atom. The van der Waals surface area contributed by atoms with Crippen LogP contribution in [0.25, 0.3) is 27.8 Å². The lowest BCUT2D eigenvalue weighted by atomic mass is 10.1. The number of aromatic nitrogens is 4. The van der Waals surface area contributed by atoms with Crippen LogP contribution in [0.3, 0.4) is 0 Å². The number of carbonyl (C=O) groups is 1. The molecule has 31 heavy (non-hydrogen) atoms. The van der Waals surface area contributed by atoms with Crippen LogP contribution < -0.4 is 0 Å². The topological polar surface area (TPSA) is 76.2 Å². The molecule has 1 saturated heterocycles. The van der Waals surface area contributed by atoms with Gasteiger partial charge in [-0.3, -0.25) is 9.36 Å². The van der Waals surface area contributed by atoms with Crippen molar-refractivity contribution in [3.05, 3.63) is 53.6 Å². The number of aryl methyl sites for hydroxylation is 1. The Labute approximate surface area is 174 Å². The zero-order valence-electron chi connectivity index (χ0n) is 16.5. The second-order valence-corrected chi connectivity index (χ2v) is 7.67. The number of β-amino-alcohol motifs (C(OH)–C–C–N with tert-alkyl or cyclic N) is 1. The van der Waals surface area contributed by atoms with Crippen LogP contribution in [0.1, 0.15) is 22.3 Å². The fraction of sp³-hybridized carbons (Fsp3) is 0.286. The van der Waals surface area contributed by atoms with Crippen molar-refractivity contribution in [2.24, 2.45) is 7.05 Å². The maximum absolute atomic E-state index is 13.0. The molecule has 1 N–H and O–H groups in total. The SMILES string of the molecule is Cn1nc2c3cc(C(=O)N4CC[C@@H](O)C4)ccc3n(-c3ccc(C(F)(F)F)cc3)c2n1. The zero-order chi connectivity index (χ0) is 21.9. The molecule has 2 aromatic heterocycles. The maximum atomic E-state index is 13.0. The Balaban J connectivity index is 1.64. The molecule has 0 unspecified atom stereocenters. The molecule has 1 aliphatic heterocycles. The number of halogens is 3. The van der Waals surface area contributed by atoms with Crippen molar-refractivity contribution in [1.29, 1.82) is 0 Å². The highest BCUT2D eigenvalue weighted by Crippen LogP contribution is 2.33. The van der Waals surface area contributed by atoms with Crippen molar-refractivity contribution < 1.29 is 23.1 Å². The summed E-state index contributed by atoms with van der Waals surface area (Å²) >= 11 is 0. The van der Waals surface area contributed by atoms with Gasteiger partial charge >= 0.3 is 6.18 Å².